The fourth-order valence-electron chi connectivity index (χ4n) is 2.95. The molecule has 0 saturated carbocycles. The van der Waals surface area contributed by atoms with Crippen molar-refractivity contribution in [2.24, 2.45) is 0 Å². The molecule has 0 amide bonds. The van der Waals surface area contributed by atoms with Crippen molar-refractivity contribution < 1.29 is 13.9 Å². The molecule has 3 nitrogen and oxygen atoms in total. The van der Waals surface area contributed by atoms with E-state index in [1.54, 1.807) is 6.92 Å². The van der Waals surface area contributed by atoms with Gasteiger partial charge in [0.05, 0.1) is 6.61 Å². The predicted octanol–water partition coefficient (Wildman–Crippen LogP) is 2.38. The number of aliphatic hydroxyl groups excluding tert-OH is 1. The van der Waals surface area contributed by atoms with Gasteiger partial charge < -0.3 is 10.4 Å². The van der Waals surface area contributed by atoms with Gasteiger partial charge in [-0.25, -0.2) is 8.78 Å². The minimum Gasteiger partial charge on any atom is -0.395 e. The minimum absolute atomic E-state index is 0.00697. The molecule has 2 N–H and O–H groups in total. The fraction of sp³-hybridized carbons (Fsp3) is 0.625. The zero-order valence-electron chi connectivity index (χ0n) is 12.7. The third-order valence-electron chi connectivity index (χ3n) is 4.28. The molecule has 1 aliphatic rings. The van der Waals surface area contributed by atoms with E-state index in [0.29, 0.717) is 23.7 Å². The second-order valence-electron chi connectivity index (χ2n) is 5.81. The van der Waals surface area contributed by atoms with Gasteiger partial charge in [0.1, 0.15) is 11.6 Å². The molecule has 0 spiro atoms. The van der Waals surface area contributed by atoms with E-state index in [1.165, 1.54) is 12.1 Å². The van der Waals surface area contributed by atoms with Gasteiger partial charge >= 0.3 is 0 Å². The summed E-state index contributed by atoms with van der Waals surface area (Å²) in [5, 5.41) is 12.6. The summed E-state index contributed by atoms with van der Waals surface area (Å²) in [4.78, 5) is 2.01. The zero-order chi connectivity index (χ0) is 15.4. The lowest BCUT2D eigenvalue weighted by molar-refractivity contribution is 0.145. The smallest absolute Gasteiger partial charge is 0.128 e. The topological polar surface area (TPSA) is 35.5 Å². The van der Waals surface area contributed by atoms with Crippen LogP contribution in [0.5, 0.6) is 0 Å². The minimum atomic E-state index is -0.388. The quantitative estimate of drug-likeness (QED) is 0.846. The molecule has 1 heterocycles. The number of hydrogen-bond donors (Lipinski definition) is 2. The number of nitrogens with one attached hydrogen (secondary N) is 1. The van der Waals surface area contributed by atoms with Crippen molar-refractivity contribution in [3.63, 3.8) is 0 Å². The molecule has 2 rings (SSSR count). The zero-order valence-corrected chi connectivity index (χ0v) is 12.7. The van der Waals surface area contributed by atoms with Crippen LogP contribution in [0, 0.1) is 18.6 Å². The number of rotatable bonds is 6. The molecule has 1 saturated heterocycles. The molecule has 0 aromatic heterocycles. The molecule has 0 aliphatic carbocycles. The van der Waals surface area contributed by atoms with Crippen molar-refractivity contribution in [2.45, 2.75) is 38.8 Å². The van der Waals surface area contributed by atoms with Gasteiger partial charge in [-0.05, 0) is 50.9 Å². The highest BCUT2D eigenvalue weighted by Gasteiger charge is 2.24. The molecule has 5 heteroatoms. The molecule has 1 aromatic carbocycles. The first kappa shape index (κ1) is 16.3. The number of halogens is 2. The highest BCUT2D eigenvalue weighted by atomic mass is 19.1. The highest BCUT2D eigenvalue weighted by molar-refractivity contribution is 5.27. The van der Waals surface area contributed by atoms with Crippen LogP contribution in [0.4, 0.5) is 8.78 Å². The molecule has 0 bridgehead atoms. The van der Waals surface area contributed by atoms with E-state index in [4.69, 9.17) is 0 Å². The summed E-state index contributed by atoms with van der Waals surface area (Å²) in [5.74, 6) is -0.773. The number of benzene rings is 1. The molecule has 2 unspecified atom stereocenters. The summed E-state index contributed by atoms with van der Waals surface area (Å²) in [6.45, 7) is 5.61. The van der Waals surface area contributed by atoms with Gasteiger partial charge in [0.2, 0.25) is 0 Å². The van der Waals surface area contributed by atoms with Crippen LogP contribution in [0.2, 0.25) is 0 Å². The van der Waals surface area contributed by atoms with Crippen molar-refractivity contribution >= 4 is 0 Å². The molecule has 2 atom stereocenters. The van der Waals surface area contributed by atoms with Crippen molar-refractivity contribution in [3.8, 4) is 0 Å². The molecular weight excluding hydrogens is 274 g/mol. The van der Waals surface area contributed by atoms with Crippen LogP contribution in [0.1, 0.15) is 36.9 Å². The van der Waals surface area contributed by atoms with E-state index < -0.39 is 0 Å². The van der Waals surface area contributed by atoms with E-state index in [1.807, 2.05) is 11.8 Å². The van der Waals surface area contributed by atoms with E-state index in [0.717, 1.165) is 25.9 Å². The van der Waals surface area contributed by atoms with E-state index in [9.17, 15) is 13.9 Å². The lowest BCUT2D eigenvalue weighted by Crippen LogP contribution is -2.40. The normalized spacial score (nSPS) is 20.2. The predicted molar refractivity (Wildman–Crippen MR) is 79.2 cm³/mol. The van der Waals surface area contributed by atoms with Gasteiger partial charge in [0.25, 0.3) is 0 Å². The standard InChI is InChI=1S/C16H24F2N2O/c1-11-8-16(18)14(9-15(11)17)12(2)20(6-7-21)10-13-4-3-5-19-13/h8-9,12-13,19,21H,3-7,10H2,1-2H3. The maximum Gasteiger partial charge on any atom is 0.128 e. The lowest BCUT2D eigenvalue weighted by Gasteiger charge is -2.31. The summed E-state index contributed by atoms with van der Waals surface area (Å²) in [6, 6.07) is 2.61. The van der Waals surface area contributed by atoms with E-state index in [-0.39, 0.29) is 24.3 Å². The summed E-state index contributed by atoms with van der Waals surface area (Å²) in [5.41, 5.74) is 0.666. The summed E-state index contributed by atoms with van der Waals surface area (Å²) < 4.78 is 27.9. The fourth-order valence-corrected chi connectivity index (χ4v) is 2.95. The van der Waals surface area contributed by atoms with Gasteiger partial charge in [0.15, 0.2) is 0 Å². The average Bonchev–Trinajstić information content (AvgIpc) is 2.94. The number of aliphatic hydroxyl groups is 1. The van der Waals surface area contributed by atoms with Crippen molar-refractivity contribution in [3.05, 3.63) is 34.9 Å². The first-order chi connectivity index (χ1) is 10.0. The second kappa shape index (κ2) is 7.29. The molecule has 1 fully saturated rings. The van der Waals surface area contributed by atoms with Crippen LogP contribution < -0.4 is 5.32 Å². The van der Waals surface area contributed by atoms with Crippen LogP contribution in [0.3, 0.4) is 0 Å². The van der Waals surface area contributed by atoms with Crippen LogP contribution in [-0.4, -0.2) is 42.3 Å². The molecule has 1 aliphatic heterocycles. The maximum absolute atomic E-state index is 14.1. The van der Waals surface area contributed by atoms with Crippen LogP contribution in [0.25, 0.3) is 0 Å². The van der Waals surface area contributed by atoms with Crippen molar-refractivity contribution in [1.82, 2.24) is 10.2 Å². The third kappa shape index (κ3) is 3.99. The Morgan fingerprint density at radius 3 is 2.76 bits per heavy atom. The molecule has 1 aromatic rings. The van der Waals surface area contributed by atoms with E-state index >= 15 is 0 Å². The van der Waals surface area contributed by atoms with Crippen molar-refractivity contribution in [2.75, 3.05) is 26.2 Å². The summed E-state index contributed by atoms with van der Waals surface area (Å²) in [7, 11) is 0. The number of hydrogen-bond acceptors (Lipinski definition) is 3. The Balaban J connectivity index is 2.16. The Labute approximate surface area is 125 Å². The SMILES string of the molecule is Cc1cc(F)c(C(C)N(CCO)CC2CCCN2)cc1F. The number of nitrogens with zero attached hydrogens (tertiary/aromatic N) is 1. The molecular formula is C16H24F2N2O. The largest absolute Gasteiger partial charge is 0.395 e. The monoisotopic (exact) mass is 298 g/mol. The van der Waals surface area contributed by atoms with Crippen LogP contribution >= 0.6 is 0 Å². The van der Waals surface area contributed by atoms with Crippen molar-refractivity contribution in [1.29, 1.82) is 0 Å². The number of aryl methyl sites for hydroxylation is 1. The first-order valence-electron chi connectivity index (χ1n) is 7.56. The second-order valence-corrected chi connectivity index (χ2v) is 5.81. The summed E-state index contributed by atoms with van der Waals surface area (Å²) >= 11 is 0. The Morgan fingerprint density at radius 1 is 1.38 bits per heavy atom. The Bertz CT molecular complexity index is 476. The first-order valence-corrected chi connectivity index (χ1v) is 7.56. The maximum atomic E-state index is 14.1. The van der Waals surface area contributed by atoms with E-state index in [2.05, 4.69) is 5.32 Å². The third-order valence-corrected chi connectivity index (χ3v) is 4.28. The highest BCUT2D eigenvalue weighted by Crippen LogP contribution is 2.26. The van der Waals surface area contributed by atoms with Gasteiger partial charge in [-0.15, -0.1) is 0 Å². The Kier molecular flexibility index (Phi) is 5.67. The Hall–Kier alpha value is -1.04. The summed E-state index contributed by atoms with van der Waals surface area (Å²) in [6.07, 6.45) is 2.22. The molecule has 118 valence electrons. The van der Waals surface area contributed by atoms with Gasteiger partial charge in [-0.1, -0.05) is 0 Å². The lowest BCUT2D eigenvalue weighted by atomic mass is 10.0. The average molecular weight is 298 g/mol. The van der Waals surface area contributed by atoms with Gasteiger partial charge in [-0.2, -0.15) is 0 Å². The molecule has 21 heavy (non-hydrogen) atoms. The van der Waals surface area contributed by atoms with Crippen LogP contribution in [-0.2, 0) is 0 Å². The Morgan fingerprint density at radius 2 is 2.14 bits per heavy atom. The molecule has 0 radical (unpaired) electrons. The van der Waals surface area contributed by atoms with Gasteiger partial charge in [-0.3, -0.25) is 4.90 Å². The van der Waals surface area contributed by atoms with Gasteiger partial charge in [0, 0.05) is 30.7 Å². The van der Waals surface area contributed by atoms with Crippen LogP contribution in [0.15, 0.2) is 12.1 Å².